The first kappa shape index (κ1) is 19.7. The third kappa shape index (κ3) is 5.06. The summed E-state index contributed by atoms with van der Waals surface area (Å²) < 4.78 is 10.9. The lowest BCUT2D eigenvalue weighted by Crippen LogP contribution is -2.21. The maximum absolute atomic E-state index is 12.3. The smallest absolute Gasteiger partial charge is 0.338 e. The van der Waals surface area contributed by atoms with Crippen LogP contribution in [-0.2, 0) is 22.4 Å². The molecule has 1 aliphatic carbocycles. The molecule has 0 heterocycles. The predicted octanol–water partition coefficient (Wildman–Crippen LogP) is 5.15. The Labute approximate surface area is 175 Å². The molecule has 1 amide bonds. The van der Waals surface area contributed by atoms with Gasteiger partial charge < -0.3 is 14.8 Å². The number of ether oxygens (including phenoxy) is 2. The van der Waals surface area contributed by atoms with Crippen LogP contribution in [0.1, 0.15) is 34.3 Å². The predicted molar refractivity (Wildman–Crippen MR) is 115 cm³/mol. The van der Waals surface area contributed by atoms with E-state index >= 15 is 0 Å². The van der Waals surface area contributed by atoms with Gasteiger partial charge in [-0.15, -0.1) is 0 Å². The summed E-state index contributed by atoms with van der Waals surface area (Å²) in [4.78, 5) is 24.4. The Morgan fingerprint density at radius 2 is 1.50 bits per heavy atom. The van der Waals surface area contributed by atoms with Gasteiger partial charge in [0.25, 0.3) is 5.91 Å². The largest absolute Gasteiger partial charge is 0.457 e. The van der Waals surface area contributed by atoms with Crippen molar-refractivity contribution in [2.45, 2.75) is 25.7 Å². The molecular weight excluding hydrogens is 378 g/mol. The number of rotatable bonds is 6. The molecule has 0 saturated heterocycles. The normalized spacial score (nSPS) is 12.5. The molecule has 0 bridgehead atoms. The summed E-state index contributed by atoms with van der Waals surface area (Å²) in [5.41, 5.74) is 3.60. The van der Waals surface area contributed by atoms with Crippen LogP contribution < -0.4 is 10.1 Å². The number of nitrogens with one attached hydrogen (secondary N) is 1. The molecule has 0 spiro atoms. The molecular formula is C25H23NO4. The van der Waals surface area contributed by atoms with Crippen LogP contribution in [0.4, 0.5) is 5.69 Å². The summed E-state index contributed by atoms with van der Waals surface area (Å²) in [5.74, 6) is 0.532. The average Bonchev–Trinajstić information content (AvgIpc) is 2.79. The van der Waals surface area contributed by atoms with Crippen molar-refractivity contribution in [3.05, 3.63) is 89.5 Å². The van der Waals surface area contributed by atoms with Crippen molar-refractivity contribution >= 4 is 17.6 Å². The summed E-state index contributed by atoms with van der Waals surface area (Å²) in [6.45, 7) is -0.335. The minimum atomic E-state index is -0.481. The van der Waals surface area contributed by atoms with Gasteiger partial charge in [-0.2, -0.15) is 0 Å². The number of fused-ring (bicyclic) bond motifs is 1. The van der Waals surface area contributed by atoms with Gasteiger partial charge >= 0.3 is 5.97 Å². The molecule has 1 aliphatic rings. The number of hydrogen-bond donors (Lipinski definition) is 1. The maximum atomic E-state index is 12.3. The lowest BCUT2D eigenvalue weighted by Gasteiger charge is -2.16. The Balaban J connectivity index is 1.28. The van der Waals surface area contributed by atoms with Crippen molar-refractivity contribution in [1.29, 1.82) is 0 Å². The third-order valence-electron chi connectivity index (χ3n) is 5.04. The highest BCUT2D eigenvalue weighted by atomic mass is 16.5. The summed E-state index contributed by atoms with van der Waals surface area (Å²) in [7, 11) is 0. The van der Waals surface area contributed by atoms with E-state index in [9.17, 15) is 9.59 Å². The van der Waals surface area contributed by atoms with Crippen LogP contribution >= 0.6 is 0 Å². The molecule has 0 fully saturated rings. The molecule has 3 aromatic carbocycles. The molecule has 0 unspecified atom stereocenters. The first-order valence-electron chi connectivity index (χ1n) is 10.1. The van der Waals surface area contributed by atoms with Gasteiger partial charge in [0.2, 0.25) is 0 Å². The standard InChI is InChI=1S/C25H23NO4/c27-24(17-29-25(28)20-11-10-18-6-4-5-7-19(18)16-20)26-21-12-14-23(15-13-21)30-22-8-2-1-3-9-22/h1-3,8-16H,4-7,17H2,(H,26,27). The second-order valence-electron chi connectivity index (χ2n) is 7.25. The van der Waals surface area contributed by atoms with E-state index in [1.165, 1.54) is 17.5 Å². The second kappa shape index (κ2) is 9.27. The zero-order valence-electron chi connectivity index (χ0n) is 16.6. The van der Waals surface area contributed by atoms with E-state index in [-0.39, 0.29) is 6.61 Å². The summed E-state index contributed by atoms with van der Waals surface area (Å²) in [5, 5.41) is 2.72. The fourth-order valence-corrected chi connectivity index (χ4v) is 3.50. The minimum absolute atomic E-state index is 0.335. The van der Waals surface area contributed by atoms with Crippen LogP contribution in [0.2, 0.25) is 0 Å². The molecule has 0 aliphatic heterocycles. The fourth-order valence-electron chi connectivity index (χ4n) is 3.50. The van der Waals surface area contributed by atoms with Gasteiger partial charge in [0.15, 0.2) is 6.61 Å². The number of esters is 1. The van der Waals surface area contributed by atoms with E-state index in [0.29, 0.717) is 17.0 Å². The zero-order valence-corrected chi connectivity index (χ0v) is 16.6. The maximum Gasteiger partial charge on any atom is 0.338 e. The van der Waals surface area contributed by atoms with Gasteiger partial charge in [-0.3, -0.25) is 4.79 Å². The Morgan fingerprint density at radius 3 is 2.27 bits per heavy atom. The Kier molecular flexibility index (Phi) is 6.09. The second-order valence-corrected chi connectivity index (χ2v) is 7.25. The highest BCUT2D eigenvalue weighted by Gasteiger charge is 2.15. The summed E-state index contributed by atoms with van der Waals surface area (Å²) in [6, 6.07) is 22.1. The summed E-state index contributed by atoms with van der Waals surface area (Å²) >= 11 is 0. The highest BCUT2D eigenvalue weighted by molar-refractivity contribution is 5.95. The first-order valence-corrected chi connectivity index (χ1v) is 10.1. The van der Waals surface area contributed by atoms with Crippen LogP contribution in [0.15, 0.2) is 72.8 Å². The molecule has 3 aromatic rings. The number of anilines is 1. The fraction of sp³-hybridized carbons (Fsp3) is 0.200. The first-order chi connectivity index (χ1) is 14.7. The van der Waals surface area contributed by atoms with Gasteiger partial charge in [-0.1, -0.05) is 24.3 Å². The van der Waals surface area contributed by atoms with E-state index in [0.717, 1.165) is 25.0 Å². The van der Waals surface area contributed by atoms with Crippen molar-refractivity contribution in [2.75, 3.05) is 11.9 Å². The lowest BCUT2D eigenvalue weighted by molar-refractivity contribution is -0.119. The number of hydrogen-bond acceptors (Lipinski definition) is 4. The van der Waals surface area contributed by atoms with Crippen molar-refractivity contribution in [3.8, 4) is 11.5 Å². The minimum Gasteiger partial charge on any atom is -0.457 e. The van der Waals surface area contributed by atoms with Gasteiger partial charge in [-0.05, 0) is 85.3 Å². The molecule has 0 atom stereocenters. The molecule has 4 rings (SSSR count). The van der Waals surface area contributed by atoms with Gasteiger partial charge in [-0.25, -0.2) is 4.79 Å². The number of carbonyl (C=O) groups is 2. The highest BCUT2D eigenvalue weighted by Crippen LogP contribution is 2.23. The summed E-state index contributed by atoms with van der Waals surface area (Å²) in [6.07, 6.45) is 4.38. The van der Waals surface area contributed by atoms with Gasteiger partial charge in [0.1, 0.15) is 11.5 Å². The number of benzene rings is 3. The quantitative estimate of drug-likeness (QED) is 0.580. The molecule has 152 valence electrons. The Hall–Kier alpha value is -3.60. The number of para-hydroxylation sites is 1. The number of amides is 1. The molecule has 5 nitrogen and oxygen atoms in total. The lowest BCUT2D eigenvalue weighted by atomic mass is 9.90. The van der Waals surface area contributed by atoms with Crippen molar-refractivity contribution < 1.29 is 19.1 Å². The topological polar surface area (TPSA) is 64.6 Å². The van der Waals surface area contributed by atoms with Gasteiger partial charge in [0.05, 0.1) is 5.56 Å². The van der Waals surface area contributed by atoms with E-state index in [1.807, 2.05) is 42.5 Å². The van der Waals surface area contributed by atoms with Crippen LogP contribution in [0.5, 0.6) is 11.5 Å². The van der Waals surface area contributed by atoms with Crippen LogP contribution in [-0.4, -0.2) is 18.5 Å². The van der Waals surface area contributed by atoms with E-state index < -0.39 is 11.9 Å². The SMILES string of the molecule is O=C(COC(=O)c1ccc2c(c1)CCCC2)Nc1ccc(Oc2ccccc2)cc1. The number of carbonyl (C=O) groups excluding carboxylic acids is 2. The Bertz CT molecular complexity index is 1030. The van der Waals surface area contributed by atoms with Gasteiger partial charge in [0, 0.05) is 5.69 Å². The molecule has 30 heavy (non-hydrogen) atoms. The average molecular weight is 401 g/mol. The molecule has 1 N–H and O–H groups in total. The van der Waals surface area contributed by atoms with Crippen molar-refractivity contribution in [3.63, 3.8) is 0 Å². The van der Waals surface area contributed by atoms with Crippen LogP contribution in [0.3, 0.4) is 0 Å². The van der Waals surface area contributed by atoms with Crippen LogP contribution in [0.25, 0.3) is 0 Å². The molecule has 0 aromatic heterocycles. The van der Waals surface area contributed by atoms with Crippen LogP contribution in [0, 0.1) is 0 Å². The Morgan fingerprint density at radius 1 is 0.800 bits per heavy atom. The monoisotopic (exact) mass is 401 g/mol. The third-order valence-corrected chi connectivity index (χ3v) is 5.04. The molecule has 5 heteroatoms. The van der Waals surface area contributed by atoms with Crippen molar-refractivity contribution in [2.24, 2.45) is 0 Å². The zero-order chi connectivity index (χ0) is 20.8. The van der Waals surface area contributed by atoms with E-state index in [1.54, 1.807) is 30.3 Å². The van der Waals surface area contributed by atoms with Crippen molar-refractivity contribution in [1.82, 2.24) is 0 Å². The molecule has 0 radical (unpaired) electrons. The molecule has 0 saturated carbocycles. The van der Waals surface area contributed by atoms with E-state index in [4.69, 9.17) is 9.47 Å². The van der Waals surface area contributed by atoms with E-state index in [2.05, 4.69) is 5.32 Å². The number of aryl methyl sites for hydroxylation is 2.